The normalized spacial score (nSPS) is 29.1. The highest BCUT2D eigenvalue weighted by molar-refractivity contribution is 5.15. The standard InChI is InChI=1S/C17H27N3O2/c1-21-14-9-10-20(12-14)16-7-4-6-15(16)18-11-13-5-3-8-17(19-13)22-2/h3,5,8,14-16,18H,4,6-7,9-12H2,1-2H3/t14?,15-,16+/m1/s1. The van der Waals surface area contributed by atoms with Crippen molar-refractivity contribution in [2.24, 2.45) is 0 Å². The van der Waals surface area contributed by atoms with Gasteiger partial charge < -0.3 is 14.8 Å². The molecule has 0 spiro atoms. The molecule has 1 unspecified atom stereocenters. The number of methoxy groups -OCH3 is 2. The van der Waals surface area contributed by atoms with Crippen LogP contribution in [0.4, 0.5) is 0 Å². The maximum atomic E-state index is 5.51. The van der Waals surface area contributed by atoms with Crippen molar-refractivity contribution in [2.75, 3.05) is 27.3 Å². The fourth-order valence-electron chi connectivity index (χ4n) is 3.77. The van der Waals surface area contributed by atoms with Crippen molar-refractivity contribution in [3.05, 3.63) is 23.9 Å². The van der Waals surface area contributed by atoms with Crippen LogP contribution < -0.4 is 10.1 Å². The first-order valence-corrected chi connectivity index (χ1v) is 8.30. The highest BCUT2D eigenvalue weighted by Gasteiger charge is 2.35. The molecule has 1 aromatic rings. The van der Waals surface area contributed by atoms with E-state index in [4.69, 9.17) is 9.47 Å². The molecule has 1 saturated carbocycles. The van der Waals surface area contributed by atoms with Crippen LogP contribution in [0.15, 0.2) is 18.2 Å². The Morgan fingerprint density at radius 3 is 2.95 bits per heavy atom. The second-order valence-corrected chi connectivity index (χ2v) is 6.30. The Balaban J connectivity index is 1.55. The summed E-state index contributed by atoms with van der Waals surface area (Å²) in [7, 11) is 3.49. The Morgan fingerprint density at radius 1 is 1.27 bits per heavy atom. The van der Waals surface area contributed by atoms with Crippen LogP contribution in [0, 0.1) is 0 Å². The summed E-state index contributed by atoms with van der Waals surface area (Å²) in [5.74, 6) is 0.685. The molecule has 3 rings (SSSR count). The zero-order valence-corrected chi connectivity index (χ0v) is 13.6. The predicted molar refractivity (Wildman–Crippen MR) is 86.0 cm³/mol. The number of hydrogen-bond donors (Lipinski definition) is 1. The van der Waals surface area contributed by atoms with Crippen molar-refractivity contribution >= 4 is 0 Å². The smallest absolute Gasteiger partial charge is 0.213 e. The summed E-state index contributed by atoms with van der Waals surface area (Å²) >= 11 is 0. The van der Waals surface area contributed by atoms with Gasteiger partial charge >= 0.3 is 0 Å². The Bertz CT molecular complexity index is 483. The van der Waals surface area contributed by atoms with E-state index in [-0.39, 0.29) is 0 Å². The van der Waals surface area contributed by atoms with Crippen LogP contribution in [0.25, 0.3) is 0 Å². The number of likely N-dealkylation sites (tertiary alicyclic amines) is 1. The molecule has 1 saturated heterocycles. The average Bonchev–Trinajstić information content (AvgIpc) is 3.21. The Morgan fingerprint density at radius 2 is 2.18 bits per heavy atom. The van der Waals surface area contributed by atoms with Crippen molar-refractivity contribution in [2.45, 2.75) is 50.4 Å². The third kappa shape index (κ3) is 3.59. The fourth-order valence-corrected chi connectivity index (χ4v) is 3.77. The van der Waals surface area contributed by atoms with E-state index < -0.39 is 0 Å². The van der Waals surface area contributed by atoms with Gasteiger partial charge in [0, 0.05) is 44.9 Å². The maximum absolute atomic E-state index is 5.51. The van der Waals surface area contributed by atoms with E-state index in [0.717, 1.165) is 25.2 Å². The summed E-state index contributed by atoms with van der Waals surface area (Å²) in [6.07, 6.45) is 5.43. The van der Waals surface area contributed by atoms with Crippen molar-refractivity contribution in [3.8, 4) is 5.88 Å². The van der Waals surface area contributed by atoms with Crippen LogP contribution in [0.1, 0.15) is 31.4 Å². The van der Waals surface area contributed by atoms with E-state index in [2.05, 4.69) is 21.3 Å². The molecule has 1 aromatic heterocycles. The summed E-state index contributed by atoms with van der Waals surface area (Å²) in [6.45, 7) is 3.05. The molecule has 1 aliphatic carbocycles. The molecule has 22 heavy (non-hydrogen) atoms. The van der Waals surface area contributed by atoms with Gasteiger partial charge in [-0.3, -0.25) is 4.90 Å². The van der Waals surface area contributed by atoms with Gasteiger partial charge in [-0.05, 0) is 25.3 Å². The van der Waals surface area contributed by atoms with Crippen LogP contribution in [0.2, 0.25) is 0 Å². The van der Waals surface area contributed by atoms with Crippen LogP contribution in [0.5, 0.6) is 5.88 Å². The number of nitrogens with zero attached hydrogens (tertiary/aromatic N) is 2. The van der Waals surface area contributed by atoms with Crippen LogP contribution in [0.3, 0.4) is 0 Å². The Kier molecular flexibility index (Phi) is 5.28. The average molecular weight is 305 g/mol. The second kappa shape index (κ2) is 7.40. The molecule has 5 nitrogen and oxygen atoms in total. The lowest BCUT2D eigenvalue weighted by Gasteiger charge is -2.30. The molecule has 2 heterocycles. The molecule has 2 fully saturated rings. The lowest BCUT2D eigenvalue weighted by molar-refractivity contribution is 0.0979. The van der Waals surface area contributed by atoms with Gasteiger partial charge in [-0.2, -0.15) is 0 Å². The number of pyridine rings is 1. The minimum atomic E-state index is 0.418. The zero-order chi connectivity index (χ0) is 15.4. The van der Waals surface area contributed by atoms with Gasteiger partial charge in [-0.25, -0.2) is 4.98 Å². The van der Waals surface area contributed by atoms with E-state index in [1.807, 2.05) is 19.2 Å². The van der Waals surface area contributed by atoms with Crippen LogP contribution in [-0.4, -0.2) is 55.4 Å². The van der Waals surface area contributed by atoms with E-state index in [1.54, 1.807) is 7.11 Å². The minimum absolute atomic E-state index is 0.418. The molecule has 0 amide bonds. The number of rotatable bonds is 6. The van der Waals surface area contributed by atoms with Gasteiger partial charge in [-0.1, -0.05) is 12.5 Å². The van der Waals surface area contributed by atoms with Crippen molar-refractivity contribution in [3.63, 3.8) is 0 Å². The van der Waals surface area contributed by atoms with E-state index in [0.29, 0.717) is 24.1 Å². The number of ether oxygens (including phenoxy) is 2. The largest absolute Gasteiger partial charge is 0.481 e. The fraction of sp³-hybridized carbons (Fsp3) is 0.706. The Labute approximate surface area is 133 Å². The van der Waals surface area contributed by atoms with Gasteiger partial charge in [0.15, 0.2) is 0 Å². The molecular weight excluding hydrogens is 278 g/mol. The Hall–Kier alpha value is -1.17. The molecule has 5 heteroatoms. The second-order valence-electron chi connectivity index (χ2n) is 6.30. The monoisotopic (exact) mass is 305 g/mol. The topological polar surface area (TPSA) is 46.6 Å². The predicted octanol–water partition coefficient (Wildman–Crippen LogP) is 1.82. The third-order valence-corrected chi connectivity index (χ3v) is 4.99. The van der Waals surface area contributed by atoms with Gasteiger partial charge in [-0.15, -0.1) is 0 Å². The van der Waals surface area contributed by atoms with E-state index >= 15 is 0 Å². The molecular formula is C17H27N3O2. The lowest BCUT2D eigenvalue weighted by Crippen LogP contribution is -2.46. The maximum Gasteiger partial charge on any atom is 0.213 e. The number of nitrogens with one attached hydrogen (secondary N) is 1. The molecule has 0 aromatic carbocycles. The van der Waals surface area contributed by atoms with Gasteiger partial charge in [0.25, 0.3) is 0 Å². The molecule has 2 aliphatic rings. The highest BCUT2D eigenvalue weighted by Crippen LogP contribution is 2.28. The molecule has 122 valence electrons. The van der Waals surface area contributed by atoms with Crippen LogP contribution in [-0.2, 0) is 11.3 Å². The quantitative estimate of drug-likeness (QED) is 0.869. The highest BCUT2D eigenvalue weighted by atomic mass is 16.5. The number of hydrogen-bond acceptors (Lipinski definition) is 5. The molecule has 3 atom stereocenters. The first kappa shape index (κ1) is 15.7. The summed E-state index contributed by atoms with van der Waals surface area (Å²) in [5.41, 5.74) is 1.04. The van der Waals surface area contributed by atoms with Crippen LogP contribution >= 0.6 is 0 Å². The summed E-state index contributed by atoms with van der Waals surface area (Å²) < 4.78 is 10.7. The first-order valence-electron chi connectivity index (χ1n) is 8.30. The third-order valence-electron chi connectivity index (χ3n) is 4.99. The summed E-state index contributed by atoms with van der Waals surface area (Å²) in [4.78, 5) is 7.09. The van der Waals surface area contributed by atoms with E-state index in [1.165, 1.54) is 25.8 Å². The summed E-state index contributed by atoms with van der Waals surface area (Å²) in [6, 6.07) is 7.14. The molecule has 1 N–H and O–H groups in total. The van der Waals surface area contributed by atoms with Crippen molar-refractivity contribution in [1.82, 2.24) is 15.2 Å². The van der Waals surface area contributed by atoms with Crippen molar-refractivity contribution < 1.29 is 9.47 Å². The minimum Gasteiger partial charge on any atom is -0.481 e. The van der Waals surface area contributed by atoms with Gasteiger partial charge in [0.05, 0.1) is 18.9 Å². The van der Waals surface area contributed by atoms with Gasteiger partial charge in [0.1, 0.15) is 0 Å². The lowest BCUT2D eigenvalue weighted by atomic mass is 10.1. The number of aromatic nitrogens is 1. The van der Waals surface area contributed by atoms with Gasteiger partial charge in [0.2, 0.25) is 5.88 Å². The SMILES string of the molecule is COc1cccc(CN[C@@H]2CCC[C@@H]2N2CCC(OC)C2)n1. The van der Waals surface area contributed by atoms with E-state index in [9.17, 15) is 0 Å². The zero-order valence-electron chi connectivity index (χ0n) is 13.6. The van der Waals surface area contributed by atoms with Crippen molar-refractivity contribution in [1.29, 1.82) is 0 Å². The molecule has 0 bridgehead atoms. The first-order chi connectivity index (χ1) is 10.8. The molecule has 1 aliphatic heterocycles. The summed E-state index contributed by atoms with van der Waals surface area (Å²) in [5, 5.41) is 3.71. The molecule has 0 radical (unpaired) electrons.